The van der Waals surface area contributed by atoms with E-state index in [0.717, 1.165) is 12.0 Å². The summed E-state index contributed by atoms with van der Waals surface area (Å²) in [4.78, 5) is 10.1. The Bertz CT molecular complexity index is 413. The van der Waals surface area contributed by atoms with Gasteiger partial charge in [-0.15, -0.1) is 0 Å². The lowest BCUT2D eigenvalue weighted by Crippen LogP contribution is -2.38. The molecule has 0 amide bonds. The highest BCUT2D eigenvalue weighted by Crippen LogP contribution is 2.16. The fourth-order valence-electron chi connectivity index (χ4n) is 2.16. The van der Waals surface area contributed by atoms with Gasteiger partial charge in [0, 0.05) is 25.2 Å². The quantitative estimate of drug-likeness (QED) is 0.587. The van der Waals surface area contributed by atoms with Crippen molar-refractivity contribution in [3.63, 3.8) is 0 Å². The SMILES string of the molecule is CC(C)CC(C)(O)CNCc1ccc([N+](=O)[O-])cc1. The van der Waals surface area contributed by atoms with E-state index in [9.17, 15) is 15.2 Å². The van der Waals surface area contributed by atoms with Gasteiger partial charge in [-0.2, -0.15) is 0 Å². The maximum atomic E-state index is 10.5. The molecule has 1 aromatic carbocycles. The van der Waals surface area contributed by atoms with Crippen LogP contribution in [-0.4, -0.2) is 22.2 Å². The number of hydrogen-bond acceptors (Lipinski definition) is 4. The number of aliphatic hydroxyl groups is 1. The molecule has 1 rings (SSSR count). The second-order valence-electron chi connectivity index (χ2n) is 5.62. The highest BCUT2D eigenvalue weighted by Gasteiger charge is 2.20. The Hall–Kier alpha value is -1.46. The molecule has 0 fully saturated rings. The first-order valence-electron chi connectivity index (χ1n) is 6.46. The van der Waals surface area contributed by atoms with Crippen LogP contribution >= 0.6 is 0 Å². The molecule has 0 heterocycles. The van der Waals surface area contributed by atoms with Gasteiger partial charge in [0.25, 0.3) is 5.69 Å². The zero-order chi connectivity index (χ0) is 14.5. The summed E-state index contributed by atoms with van der Waals surface area (Å²) in [7, 11) is 0. The van der Waals surface area contributed by atoms with Gasteiger partial charge in [0.1, 0.15) is 0 Å². The number of nitro groups is 1. The van der Waals surface area contributed by atoms with Crippen LogP contribution in [0, 0.1) is 16.0 Å². The standard InChI is InChI=1S/C14H22N2O3/c1-11(2)8-14(3,17)10-15-9-12-4-6-13(7-5-12)16(18)19/h4-7,11,15,17H,8-10H2,1-3H3. The van der Waals surface area contributed by atoms with Crippen molar-refractivity contribution in [1.82, 2.24) is 5.32 Å². The third kappa shape index (κ3) is 5.81. The first kappa shape index (κ1) is 15.6. The minimum Gasteiger partial charge on any atom is -0.389 e. The van der Waals surface area contributed by atoms with E-state index >= 15 is 0 Å². The third-order valence-electron chi connectivity index (χ3n) is 2.83. The van der Waals surface area contributed by atoms with E-state index in [1.54, 1.807) is 12.1 Å². The predicted molar refractivity (Wildman–Crippen MR) is 74.9 cm³/mol. The van der Waals surface area contributed by atoms with Crippen molar-refractivity contribution >= 4 is 5.69 Å². The van der Waals surface area contributed by atoms with Crippen LogP contribution < -0.4 is 5.32 Å². The van der Waals surface area contributed by atoms with Crippen molar-refractivity contribution < 1.29 is 10.0 Å². The molecule has 5 nitrogen and oxygen atoms in total. The number of nitrogens with one attached hydrogen (secondary N) is 1. The molecule has 1 unspecified atom stereocenters. The van der Waals surface area contributed by atoms with Crippen LogP contribution in [0.3, 0.4) is 0 Å². The monoisotopic (exact) mass is 266 g/mol. The minimum atomic E-state index is -0.727. The van der Waals surface area contributed by atoms with Gasteiger partial charge in [0.2, 0.25) is 0 Å². The van der Waals surface area contributed by atoms with Crippen molar-refractivity contribution in [1.29, 1.82) is 0 Å². The van der Waals surface area contributed by atoms with E-state index in [0.29, 0.717) is 19.0 Å². The van der Waals surface area contributed by atoms with Crippen LogP contribution in [0.25, 0.3) is 0 Å². The van der Waals surface area contributed by atoms with Gasteiger partial charge >= 0.3 is 0 Å². The van der Waals surface area contributed by atoms with Gasteiger partial charge in [-0.1, -0.05) is 26.0 Å². The van der Waals surface area contributed by atoms with E-state index in [2.05, 4.69) is 19.2 Å². The molecule has 0 aliphatic heterocycles. The summed E-state index contributed by atoms with van der Waals surface area (Å²) in [5, 5.41) is 23.8. The summed E-state index contributed by atoms with van der Waals surface area (Å²) in [5.74, 6) is 0.441. The maximum absolute atomic E-state index is 10.5. The van der Waals surface area contributed by atoms with Gasteiger partial charge in [-0.25, -0.2) is 0 Å². The summed E-state index contributed by atoms with van der Waals surface area (Å²) in [6, 6.07) is 6.43. The number of hydrogen-bond donors (Lipinski definition) is 2. The van der Waals surface area contributed by atoms with Crippen molar-refractivity contribution in [3.05, 3.63) is 39.9 Å². The van der Waals surface area contributed by atoms with Crippen LogP contribution in [0.1, 0.15) is 32.8 Å². The number of nitrogens with zero attached hydrogens (tertiary/aromatic N) is 1. The fraction of sp³-hybridized carbons (Fsp3) is 0.571. The molecule has 2 N–H and O–H groups in total. The minimum absolute atomic E-state index is 0.0931. The molecular weight excluding hydrogens is 244 g/mol. The Labute approximate surface area is 113 Å². The van der Waals surface area contributed by atoms with Gasteiger partial charge in [-0.3, -0.25) is 10.1 Å². The van der Waals surface area contributed by atoms with Crippen molar-refractivity contribution in [2.24, 2.45) is 5.92 Å². The Kier molecular flexibility index (Phi) is 5.44. The second kappa shape index (κ2) is 6.63. The highest BCUT2D eigenvalue weighted by molar-refractivity contribution is 5.32. The predicted octanol–water partition coefficient (Wildman–Crippen LogP) is 2.48. The lowest BCUT2D eigenvalue weighted by Gasteiger charge is -2.25. The average molecular weight is 266 g/mol. The Balaban J connectivity index is 2.42. The topological polar surface area (TPSA) is 75.4 Å². The van der Waals surface area contributed by atoms with Gasteiger partial charge in [0.15, 0.2) is 0 Å². The Morgan fingerprint density at radius 3 is 2.42 bits per heavy atom. The van der Waals surface area contributed by atoms with Crippen LogP contribution in [-0.2, 0) is 6.54 Å². The van der Waals surface area contributed by atoms with Crippen LogP contribution in [0.5, 0.6) is 0 Å². The molecule has 0 saturated heterocycles. The molecule has 19 heavy (non-hydrogen) atoms. The lowest BCUT2D eigenvalue weighted by molar-refractivity contribution is -0.384. The zero-order valence-corrected chi connectivity index (χ0v) is 11.7. The molecule has 0 aliphatic carbocycles. The molecular formula is C14H22N2O3. The van der Waals surface area contributed by atoms with Gasteiger partial charge in [-0.05, 0) is 24.8 Å². The third-order valence-corrected chi connectivity index (χ3v) is 2.83. The van der Waals surface area contributed by atoms with Gasteiger partial charge < -0.3 is 10.4 Å². The van der Waals surface area contributed by atoms with Crippen molar-refractivity contribution in [2.75, 3.05) is 6.54 Å². The van der Waals surface area contributed by atoms with Crippen LogP contribution in [0.4, 0.5) is 5.69 Å². The smallest absolute Gasteiger partial charge is 0.269 e. The van der Waals surface area contributed by atoms with E-state index < -0.39 is 10.5 Å². The lowest BCUT2D eigenvalue weighted by atomic mass is 9.94. The average Bonchev–Trinajstić information content (AvgIpc) is 2.27. The summed E-state index contributed by atoms with van der Waals surface area (Å²) in [5.41, 5.74) is 0.330. The molecule has 0 spiro atoms. The molecule has 0 aliphatic rings. The normalized spacial score (nSPS) is 14.4. The molecule has 0 saturated carbocycles. The Morgan fingerprint density at radius 2 is 1.95 bits per heavy atom. The number of rotatable bonds is 7. The molecule has 0 radical (unpaired) electrons. The largest absolute Gasteiger partial charge is 0.389 e. The summed E-state index contributed by atoms with van der Waals surface area (Å²) >= 11 is 0. The summed E-state index contributed by atoms with van der Waals surface area (Å²) < 4.78 is 0. The highest BCUT2D eigenvalue weighted by atomic mass is 16.6. The second-order valence-corrected chi connectivity index (χ2v) is 5.62. The number of benzene rings is 1. The van der Waals surface area contributed by atoms with E-state index in [4.69, 9.17) is 0 Å². The van der Waals surface area contributed by atoms with Crippen molar-refractivity contribution in [3.8, 4) is 0 Å². The van der Waals surface area contributed by atoms with Gasteiger partial charge in [0.05, 0.1) is 10.5 Å². The fourth-order valence-corrected chi connectivity index (χ4v) is 2.16. The first-order chi connectivity index (χ1) is 8.80. The maximum Gasteiger partial charge on any atom is 0.269 e. The van der Waals surface area contributed by atoms with E-state index in [1.807, 2.05) is 6.92 Å². The van der Waals surface area contributed by atoms with Crippen molar-refractivity contribution in [2.45, 2.75) is 39.3 Å². The van der Waals surface area contributed by atoms with E-state index in [1.165, 1.54) is 12.1 Å². The first-order valence-corrected chi connectivity index (χ1v) is 6.46. The summed E-state index contributed by atoms with van der Waals surface area (Å²) in [6.45, 7) is 7.06. The van der Waals surface area contributed by atoms with Crippen LogP contribution in [0.2, 0.25) is 0 Å². The summed E-state index contributed by atoms with van der Waals surface area (Å²) in [6.07, 6.45) is 0.736. The Morgan fingerprint density at radius 1 is 1.37 bits per heavy atom. The number of nitro benzene ring substituents is 1. The molecule has 1 aromatic rings. The van der Waals surface area contributed by atoms with E-state index in [-0.39, 0.29) is 5.69 Å². The molecule has 0 bridgehead atoms. The zero-order valence-electron chi connectivity index (χ0n) is 11.7. The number of non-ortho nitro benzene ring substituents is 1. The van der Waals surface area contributed by atoms with Crippen LogP contribution in [0.15, 0.2) is 24.3 Å². The molecule has 0 aromatic heterocycles. The molecule has 1 atom stereocenters. The molecule has 106 valence electrons. The molecule has 5 heteroatoms.